The lowest BCUT2D eigenvalue weighted by Gasteiger charge is -2.30. The third-order valence-corrected chi connectivity index (χ3v) is 5.20. The Labute approximate surface area is 147 Å². The fraction of sp³-hybridized carbons (Fsp3) is 0.294. The zero-order chi connectivity index (χ0) is 17.2. The van der Waals surface area contributed by atoms with Crippen LogP contribution in [-0.4, -0.2) is 39.3 Å². The van der Waals surface area contributed by atoms with Gasteiger partial charge in [-0.05, 0) is 36.4 Å². The third kappa shape index (κ3) is 3.25. The molecule has 0 saturated carbocycles. The van der Waals surface area contributed by atoms with E-state index >= 15 is 0 Å². The van der Waals surface area contributed by atoms with Gasteiger partial charge >= 0.3 is 5.97 Å². The standard InChI is InChI=1S/C17H16N4O3S/c22-17(23)11-5-7-21(8-6-11)14-4-3-12(10-18-14)16-19-15(20-24-16)13-2-1-9-25-13/h1-4,9-11H,5-8H2,(H,22,23). The minimum atomic E-state index is -0.708. The molecule has 25 heavy (non-hydrogen) atoms. The number of carbonyl (C=O) groups is 1. The van der Waals surface area contributed by atoms with Gasteiger partial charge in [0.1, 0.15) is 5.82 Å². The van der Waals surface area contributed by atoms with Gasteiger partial charge in [0.2, 0.25) is 5.82 Å². The molecule has 1 N–H and O–H groups in total. The van der Waals surface area contributed by atoms with E-state index in [1.807, 2.05) is 29.6 Å². The van der Waals surface area contributed by atoms with Gasteiger partial charge in [0.05, 0.1) is 16.4 Å². The van der Waals surface area contributed by atoms with Gasteiger partial charge < -0.3 is 14.5 Å². The lowest BCUT2D eigenvalue weighted by atomic mass is 9.97. The summed E-state index contributed by atoms with van der Waals surface area (Å²) in [6.45, 7) is 1.40. The lowest BCUT2D eigenvalue weighted by Crippen LogP contribution is -2.36. The van der Waals surface area contributed by atoms with Gasteiger partial charge in [-0.1, -0.05) is 11.2 Å². The Kier molecular flexibility index (Phi) is 4.19. The van der Waals surface area contributed by atoms with E-state index in [9.17, 15) is 4.79 Å². The Balaban J connectivity index is 1.47. The fourth-order valence-corrected chi connectivity index (χ4v) is 3.55. The molecule has 3 aromatic heterocycles. The maximum Gasteiger partial charge on any atom is 0.306 e. The fourth-order valence-electron chi connectivity index (χ4n) is 2.90. The highest BCUT2D eigenvalue weighted by Crippen LogP contribution is 2.27. The van der Waals surface area contributed by atoms with E-state index in [0.717, 1.165) is 16.3 Å². The molecular weight excluding hydrogens is 340 g/mol. The summed E-state index contributed by atoms with van der Waals surface area (Å²) in [6, 6.07) is 7.70. The van der Waals surface area contributed by atoms with Gasteiger partial charge in [0.15, 0.2) is 0 Å². The monoisotopic (exact) mass is 356 g/mol. The maximum atomic E-state index is 11.0. The van der Waals surface area contributed by atoms with Gasteiger partial charge in [0.25, 0.3) is 5.89 Å². The van der Waals surface area contributed by atoms with E-state index in [0.29, 0.717) is 37.6 Å². The van der Waals surface area contributed by atoms with Crippen LogP contribution in [0.3, 0.4) is 0 Å². The number of thiophene rings is 1. The molecule has 0 amide bonds. The second-order valence-electron chi connectivity index (χ2n) is 5.91. The average Bonchev–Trinajstić information content (AvgIpc) is 3.33. The van der Waals surface area contributed by atoms with E-state index < -0.39 is 5.97 Å². The molecule has 1 saturated heterocycles. The molecule has 4 rings (SSSR count). The van der Waals surface area contributed by atoms with Crippen LogP contribution in [0.1, 0.15) is 12.8 Å². The zero-order valence-electron chi connectivity index (χ0n) is 13.3. The van der Waals surface area contributed by atoms with Crippen molar-refractivity contribution in [1.82, 2.24) is 15.1 Å². The maximum absolute atomic E-state index is 11.0. The number of piperidine rings is 1. The molecule has 0 radical (unpaired) electrons. The second kappa shape index (κ2) is 6.64. The third-order valence-electron chi connectivity index (χ3n) is 4.33. The van der Waals surface area contributed by atoms with Crippen molar-refractivity contribution < 1.29 is 14.4 Å². The summed E-state index contributed by atoms with van der Waals surface area (Å²) >= 11 is 1.56. The van der Waals surface area contributed by atoms with Gasteiger partial charge in [-0.3, -0.25) is 4.79 Å². The van der Waals surface area contributed by atoms with Crippen molar-refractivity contribution in [3.63, 3.8) is 0 Å². The summed E-state index contributed by atoms with van der Waals surface area (Å²) in [6.07, 6.45) is 3.00. The Hall–Kier alpha value is -2.74. The molecule has 0 spiro atoms. The number of anilines is 1. The van der Waals surface area contributed by atoms with Crippen LogP contribution in [0.4, 0.5) is 5.82 Å². The van der Waals surface area contributed by atoms with Crippen LogP contribution in [-0.2, 0) is 4.79 Å². The van der Waals surface area contributed by atoms with Crippen molar-refractivity contribution in [2.45, 2.75) is 12.8 Å². The van der Waals surface area contributed by atoms with Crippen molar-refractivity contribution in [2.75, 3.05) is 18.0 Å². The number of aliphatic carboxylic acids is 1. The number of hydrogen-bond donors (Lipinski definition) is 1. The zero-order valence-corrected chi connectivity index (χ0v) is 14.1. The SMILES string of the molecule is O=C(O)C1CCN(c2ccc(-c3nc(-c4cccs4)no3)cn2)CC1. The molecule has 1 aliphatic rings. The quantitative estimate of drug-likeness (QED) is 0.767. The number of hydrogen-bond acceptors (Lipinski definition) is 7. The predicted molar refractivity (Wildman–Crippen MR) is 93.4 cm³/mol. The Bertz CT molecular complexity index is 852. The summed E-state index contributed by atoms with van der Waals surface area (Å²) in [5, 5.41) is 15.0. The minimum absolute atomic E-state index is 0.246. The molecule has 3 aromatic rings. The molecule has 128 valence electrons. The molecule has 1 aliphatic heterocycles. The first-order chi connectivity index (χ1) is 12.2. The normalized spacial score (nSPS) is 15.4. The Morgan fingerprint density at radius 2 is 2.12 bits per heavy atom. The molecule has 0 unspecified atom stereocenters. The van der Waals surface area contributed by atoms with E-state index in [1.165, 1.54) is 0 Å². The van der Waals surface area contributed by atoms with Crippen LogP contribution in [0, 0.1) is 5.92 Å². The smallest absolute Gasteiger partial charge is 0.306 e. The molecule has 7 nitrogen and oxygen atoms in total. The molecular formula is C17H16N4O3S. The predicted octanol–water partition coefficient (Wildman–Crippen LogP) is 3.16. The summed E-state index contributed by atoms with van der Waals surface area (Å²) in [7, 11) is 0. The van der Waals surface area contributed by atoms with Crippen LogP contribution in [0.5, 0.6) is 0 Å². The van der Waals surface area contributed by atoms with Crippen LogP contribution in [0.2, 0.25) is 0 Å². The molecule has 0 aliphatic carbocycles. The molecule has 8 heteroatoms. The van der Waals surface area contributed by atoms with Crippen molar-refractivity contribution in [3.8, 4) is 22.2 Å². The van der Waals surface area contributed by atoms with Crippen LogP contribution in [0.15, 0.2) is 40.4 Å². The lowest BCUT2D eigenvalue weighted by molar-refractivity contribution is -0.142. The summed E-state index contributed by atoms with van der Waals surface area (Å²) in [5.74, 6) is 0.896. The molecule has 0 atom stereocenters. The Morgan fingerprint density at radius 3 is 2.76 bits per heavy atom. The Morgan fingerprint density at radius 1 is 1.28 bits per heavy atom. The summed E-state index contributed by atoms with van der Waals surface area (Å²) < 4.78 is 5.33. The van der Waals surface area contributed by atoms with Crippen molar-refractivity contribution in [1.29, 1.82) is 0 Å². The van der Waals surface area contributed by atoms with Gasteiger partial charge in [-0.2, -0.15) is 4.98 Å². The molecule has 4 heterocycles. The molecule has 0 bridgehead atoms. The number of pyridine rings is 1. The first-order valence-corrected chi connectivity index (χ1v) is 8.90. The number of carboxylic acid groups (broad SMARTS) is 1. The van der Waals surface area contributed by atoms with Crippen molar-refractivity contribution >= 4 is 23.1 Å². The van der Waals surface area contributed by atoms with Crippen LogP contribution >= 0.6 is 11.3 Å². The van der Waals surface area contributed by atoms with E-state index in [2.05, 4.69) is 20.0 Å². The van der Waals surface area contributed by atoms with Crippen LogP contribution in [0.25, 0.3) is 22.2 Å². The molecule has 1 fully saturated rings. The average molecular weight is 356 g/mol. The number of aromatic nitrogens is 3. The topological polar surface area (TPSA) is 92.3 Å². The van der Waals surface area contributed by atoms with E-state index in [4.69, 9.17) is 9.63 Å². The van der Waals surface area contributed by atoms with E-state index in [-0.39, 0.29) is 5.92 Å². The number of carboxylic acids is 1. The highest BCUT2D eigenvalue weighted by molar-refractivity contribution is 7.13. The summed E-state index contributed by atoms with van der Waals surface area (Å²) in [4.78, 5) is 23.0. The first kappa shape index (κ1) is 15.8. The second-order valence-corrected chi connectivity index (χ2v) is 6.85. The first-order valence-electron chi connectivity index (χ1n) is 8.02. The van der Waals surface area contributed by atoms with Crippen molar-refractivity contribution in [2.24, 2.45) is 5.92 Å². The largest absolute Gasteiger partial charge is 0.481 e. The summed E-state index contributed by atoms with van der Waals surface area (Å²) in [5.41, 5.74) is 0.763. The highest BCUT2D eigenvalue weighted by atomic mass is 32.1. The minimum Gasteiger partial charge on any atom is -0.481 e. The van der Waals surface area contributed by atoms with Crippen LogP contribution < -0.4 is 4.90 Å². The van der Waals surface area contributed by atoms with Gasteiger partial charge in [0, 0.05) is 19.3 Å². The number of nitrogens with zero attached hydrogens (tertiary/aromatic N) is 4. The number of rotatable bonds is 4. The van der Waals surface area contributed by atoms with Gasteiger partial charge in [-0.15, -0.1) is 11.3 Å². The van der Waals surface area contributed by atoms with Gasteiger partial charge in [-0.25, -0.2) is 4.98 Å². The molecule has 0 aromatic carbocycles. The highest BCUT2D eigenvalue weighted by Gasteiger charge is 2.25. The van der Waals surface area contributed by atoms with Crippen molar-refractivity contribution in [3.05, 3.63) is 35.8 Å². The van der Waals surface area contributed by atoms with E-state index in [1.54, 1.807) is 17.5 Å².